The van der Waals surface area contributed by atoms with Crippen LogP contribution in [0.2, 0.25) is 5.02 Å². The minimum absolute atomic E-state index is 0.209. The maximum Gasteiger partial charge on any atom is 0.220 e. The van der Waals surface area contributed by atoms with E-state index in [4.69, 9.17) is 11.6 Å². The maximum absolute atomic E-state index is 11.6. The van der Waals surface area contributed by atoms with Crippen LogP contribution in [0.3, 0.4) is 0 Å². The van der Waals surface area contributed by atoms with Crippen molar-refractivity contribution in [1.82, 2.24) is 20.2 Å². The third-order valence-electron chi connectivity index (χ3n) is 5.69. The van der Waals surface area contributed by atoms with Gasteiger partial charge < -0.3 is 5.32 Å². The monoisotopic (exact) mass is 370 g/mol. The number of benzene rings is 1. The lowest BCUT2D eigenvalue weighted by Gasteiger charge is -2.24. The lowest BCUT2D eigenvalue weighted by Crippen LogP contribution is -2.38. The number of nitrogens with one attached hydrogen (secondary N) is 1. The van der Waals surface area contributed by atoms with Gasteiger partial charge in [0, 0.05) is 54.1 Å². The summed E-state index contributed by atoms with van der Waals surface area (Å²) in [6, 6.07) is 8.08. The summed E-state index contributed by atoms with van der Waals surface area (Å²) in [7, 11) is 2.16. The summed E-state index contributed by atoms with van der Waals surface area (Å²) in [6.45, 7) is 1.67. The predicted octanol–water partition coefficient (Wildman–Crippen LogP) is 3.14. The van der Waals surface area contributed by atoms with Crippen LogP contribution in [0.4, 0.5) is 0 Å². The molecule has 26 heavy (non-hydrogen) atoms. The second-order valence-electron chi connectivity index (χ2n) is 7.49. The van der Waals surface area contributed by atoms with Crippen LogP contribution in [0.1, 0.15) is 24.8 Å². The first kappa shape index (κ1) is 17.4. The van der Waals surface area contributed by atoms with Gasteiger partial charge in [0.15, 0.2) is 5.82 Å². The molecule has 1 aliphatic carbocycles. The highest BCUT2D eigenvalue weighted by atomic mass is 35.5. The Morgan fingerprint density at radius 1 is 1.15 bits per heavy atom. The summed E-state index contributed by atoms with van der Waals surface area (Å²) < 4.78 is 0. The molecule has 5 nitrogen and oxygen atoms in total. The molecule has 0 unspecified atom stereocenters. The fourth-order valence-electron chi connectivity index (χ4n) is 4.20. The molecule has 1 aliphatic heterocycles. The van der Waals surface area contributed by atoms with Crippen LogP contribution in [0.25, 0.3) is 11.4 Å². The van der Waals surface area contributed by atoms with Crippen molar-refractivity contribution in [3.63, 3.8) is 0 Å². The zero-order valence-corrected chi connectivity index (χ0v) is 15.6. The number of rotatable bonds is 4. The zero-order chi connectivity index (χ0) is 18.1. The van der Waals surface area contributed by atoms with Crippen molar-refractivity contribution in [2.24, 2.45) is 11.8 Å². The highest BCUT2D eigenvalue weighted by Crippen LogP contribution is 2.38. The van der Waals surface area contributed by atoms with E-state index >= 15 is 0 Å². The summed E-state index contributed by atoms with van der Waals surface area (Å²) in [5, 5.41) is 3.71. The van der Waals surface area contributed by atoms with E-state index in [2.05, 4.69) is 27.2 Å². The average Bonchev–Trinajstić information content (AvgIpc) is 3.06. The van der Waals surface area contributed by atoms with Gasteiger partial charge in [-0.25, -0.2) is 9.97 Å². The molecule has 1 aromatic carbocycles. The molecule has 2 fully saturated rings. The van der Waals surface area contributed by atoms with Crippen molar-refractivity contribution in [1.29, 1.82) is 0 Å². The van der Waals surface area contributed by atoms with Crippen molar-refractivity contribution in [3.05, 3.63) is 47.2 Å². The molecular weight excluding hydrogens is 348 g/mol. The second kappa shape index (κ2) is 7.33. The van der Waals surface area contributed by atoms with E-state index in [-0.39, 0.29) is 5.91 Å². The summed E-state index contributed by atoms with van der Waals surface area (Å²) in [4.78, 5) is 23.0. The lowest BCUT2D eigenvalue weighted by atomic mass is 9.89. The number of carbonyl (C=O) groups excluding carboxylic acids is 1. The van der Waals surface area contributed by atoms with Crippen LogP contribution in [-0.4, -0.2) is 40.4 Å². The molecule has 3 atom stereocenters. The van der Waals surface area contributed by atoms with E-state index in [0.717, 1.165) is 37.1 Å². The number of halogens is 1. The Balaban J connectivity index is 1.38. The number of hydrogen-bond acceptors (Lipinski definition) is 4. The topological polar surface area (TPSA) is 58.1 Å². The minimum atomic E-state index is 0.209. The van der Waals surface area contributed by atoms with Gasteiger partial charge in [0.25, 0.3) is 0 Å². The van der Waals surface area contributed by atoms with E-state index in [1.807, 2.05) is 36.7 Å². The van der Waals surface area contributed by atoms with E-state index < -0.39 is 0 Å². The molecule has 6 heteroatoms. The van der Waals surface area contributed by atoms with Gasteiger partial charge >= 0.3 is 0 Å². The average molecular weight is 371 g/mol. The minimum Gasteiger partial charge on any atom is -0.356 e. The number of fused-ring (bicyclic) bond motifs is 1. The molecule has 1 saturated heterocycles. The number of aromatic nitrogens is 2. The molecule has 2 aliphatic rings. The molecule has 136 valence electrons. The molecule has 2 heterocycles. The molecule has 0 spiro atoms. The van der Waals surface area contributed by atoms with Gasteiger partial charge in [0.2, 0.25) is 5.91 Å². The fourth-order valence-corrected chi connectivity index (χ4v) is 4.32. The van der Waals surface area contributed by atoms with Crippen LogP contribution in [-0.2, 0) is 11.3 Å². The van der Waals surface area contributed by atoms with Crippen molar-refractivity contribution in [2.45, 2.75) is 31.8 Å². The third kappa shape index (κ3) is 3.74. The van der Waals surface area contributed by atoms with E-state index in [1.165, 1.54) is 0 Å². The SMILES string of the molecule is CN(Cc1cnc(-c2ccc(Cl)cc2)nc1)[C@H]1C[C@H]2CNC(=O)C[C@H]2C1. The molecule has 1 saturated carbocycles. The number of piperidine rings is 1. The first-order valence-electron chi connectivity index (χ1n) is 9.12. The smallest absolute Gasteiger partial charge is 0.220 e. The maximum atomic E-state index is 11.6. The largest absolute Gasteiger partial charge is 0.356 e. The van der Waals surface area contributed by atoms with Crippen LogP contribution < -0.4 is 5.32 Å². The number of amides is 1. The fraction of sp³-hybridized carbons (Fsp3) is 0.450. The lowest BCUT2D eigenvalue weighted by molar-refractivity contribution is -0.124. The second-order valence-corrected chi connectivity index (χ2v) is 7.93. The van der Waals surface area contributed by atoms with Crippen LogP contribution in [0.15, 0.2) is 36.7 Å². The van der Waals surface area contributed by atoms with E-state index in [0.29, 0.717) is 35.1 Å². The first-order chi connectivity index (χ1) is 12.6. The Labute approximate surface area is 158 Å². The van der Waals surface area contributed by atoms with Crippen molar-refractivity contribution in [2.75, 3.05) is 13.6 Å². The predicted molar refractivity (Wildman–Crippen MR) is 102 cm³/mol. The van der Waals surface area contributed by atoms with Crippen molar-refractivity contribution >= 4 is 17.5 Å². The van der Waals surface area contributed by atoms with Gasteiger partial charge in [-0.2, -0.15) is 0 Å². The van der Waals surface area contributed by atoms with E-state index in [9.17, 15) is 4.79 Å². The number of hydrogen-bond donors (Lipinski definition) is 1. The molecule has 0 bridgehead atoms. The van der Waals surface area contributed by atoms with Crippen molar-refractivity contribution < 1.29 is 4.79 Å². The highest BCUT2D eigenvalue weighted by Gasteiger charge is 2.39. The Morgan fingerprint density at radius 2 is 1.85 bits per heavy atom. The zero-order valence-electron chi connectivity index (χ0n) is 14.9. The Kier molecular flexibility index (Phi) is 4.92. The van der Waals surface area contributed by atoms with Crippen LogP contribution in [0, 0.1) is 11.8 Å². The molecule has 1 aromatic heterocycles. The molecule has 0 radical (unpaired) electrons. The molecular formula is C20H23ClN4O. The molecule has 1 amide bonds. The highest BCUT2D eigenvalue weighted by molar-refractivity contribution is 6.30. The molecule has 4 rings (SSSR count). The number of nitrogens with zero attached hydrogens (tertiary/aromatic N) is 3. The van der Waals surface area contributed by atoms with E-state index in [1.54, 1.807) is 0 Å². The van der Waals surface area contributed by atoms with Crippen LogP contribution in [0.5, 0.6) is 0 Å². The van der Waals surface area contributed by atoms with Gasteiger partial charge in [-0.05, 0) is 56.0 Å². The number of carbonyl (C=O) groups is 1. The third-order valence-corrected chi connectivity index (χ3v) is 5.94. The Morgan fingerprint density at radius 3 is 2.58 bits per heavy atom. The summed E-state index contributed by atoms with van der Waals surface area (Å²) in [6.07, 6.45) is 6.76. The summed E-state index contributed by atoms with van der Waals surface area (Å²) in [5.41, 5.74) is 2.07. The Hall–Kier alpha value is -1.98. The quantitative estimate of drug-likeness (QED) is 0.898. The molecule has 2 aromatic rings. The summed E-state index contributed by atoms with van der Waals surface area (Å²) in [5.74, 6) is 2.09. The van der Waals surface area contributed by atoms with Gasteiger partial charge in [-0.1, -0.05) is 11.6 Å². The standard InChI is InChI=1S/C20H23ClN4O/c1-25(18-6-15-8-19(26)22-11-16(15)7-18)12-13-9-23-20(24-10-13)14-2-4-17(21)5-3-14/h2-5,9-10,15-16,18H,6-8,11-12H2,1H3,(H,22,26)/t15-,16+,18-/m1/s1. The van der Waals surface area contributed by atoms with Crippen molar-refractivity contribution in [3.8, 4) is 11.4 Å². The van der Waals surface area contributed by atoms with Gasteiger partial charge in [0.1, 0.15) is 0 Å². The van der Waals surface area contributed by atoms with Gasteiger partial charge in [0.05, 0.1) is 0 Å². The normalized spacial score (nSPS) is 25.2. The summed E-state index contributed by atoms with van der Waals surface area (Å²) >= 11 is 5.93. The Bertz CT molecular complexity index is 777. The van der Waals surface area contributed by atoms with Gasteiger partial charge in [-0.15, -0.1) is 0 Å². The first-order valence-corrected chi connectivity index (χ1v) is 9.50. The molecule has 1 N–H and O–H groups in total. The van der Waals surface area contributed by atoms with Gasteiger partial charge in [-0.3, -0.25) is 9.69 Å². The van der Waals surface area contributed by atoms with Crippen LogP contribution >= 0.6 is 11.6 Å².